The molecular weight excluding hydrogens is 554 g/mol. The number of amides is 2. The number of rotatable bonds is 11. The SMILES string of the molecule is CCNC(=O)C(Cc1ccccc1)N(Cc1ccc(C)cc1)C(=O)CN(c1ccc(Br)cc1)S(C)(=O)=O. The maximum atomic E-state index is 13.9. The molecule has 0 heterocycles. The molecular formula is C28H32BrN3O4S. The summed E-state index contributed by atoms with van der Waals surface area (Å²) in [6, 6.07) is 23.1. The third kappa shape index (κ3) is 8.16. The second kappa shape index (κ2) is 12.9. The summed E-state index contributed by atoms with van der Waals surface area (Å²) in [5.41, 5.74) is 3.18. The van der Waals surface area contributed by atoms with Crippen molar-refractivity contribution in [2.75, 3.05) is 23.7 Å². The van der Waals surface area contributed by atoms with Crippen LogP contribution in [0.3, 0.4) is 0 Å². The number of carbonyl (C=O) groups is 2. The first-order valence-electron chi connectivity index (χ1n) is 12.0. The number of carbonyl (C=O) groups excluding carboxylic acids is 2. The fourth-order valence-corrected chi connectivity index (χ4v) is 5.07. The van der Waals surface area contributed by atoms with Crippen LogP contribution in [-0.2, 0) is 32.6 Å². The second-order valence-electron chi connectivity index (χ2n) is 8.85. The van der Waals surface area contributed by atoms with E-state index in [1.54, 1.807) is 24.3 Å². The average Bonchev–Trinajstić information content (AvgIpc) is 2.86. The first-order valence-corrected chi connectivity index (χ1v) is 14.6. The third-order valence-corrected chi connectivity index (χ3v) is 7.56. The number of nitrogens with zero attached hydrogens (tertiary/aromatic N) is 2. The summed E-state index contributed by atoms with van der Waals surface area (Å²) in [6.45, 7) is 3.93. The van der Waals surface area contributed by atoms with Crippen LogP contribution in [0.5, 0.6) is 0 Å². The zero-order valence-corrected chi connectivity index (χ0v) is 23.6. The number of hydrogen-bond donors (Lipinski definition) is 1. The molecule has 1 atom stereocenters. The largest absolute Gasteiger partial charge is 0.355 e. The lowest BCUT2D eigenvalue weighted by Gasteiger charge is -2.33. The molecule has 9 heteroatoms. The molecule has 37 heavy (non-hydrogen) atoms. The number of halogens is 1. The molecule has 0 spiro atoms. The van der Waals surface area contributed by atoms with Gasteiger partial charge in [-0.1, -0.05) is 76.1 Å². The lowest BCUT2D eigenvalue weighted by Crippen LogP contribution is -2.53. The molecule has 1 N–H and O–H groups in total. The quantitative estimate of drug-likeness (QED) is 0.363. The molecule has 3 aromatic carbocycles. The summed E-state index contributed by atoms with van der Waals surface area (Å²) in [7, 11) is -3.78. The van der Waals surface area contributed by atoms with Crippen LogP contribution in [-0.4, -0.2) is 50.5 Å². The van der Waals surface area contributed by atoms with E-state index < -0.39 is 28.5 Å². The van der Waals surface area contributed by atoms with E-state index in [9.17, 15) is 18.0 Å². The first-order chi connectivity index (χ1) is 17.6. The normalized spacial score (nSPS) is 12.0. The van der Waals surface area contributed by atoms with Gasteiger partial charge in [-0.05, 0) is 49.2 Å². The Morgan fingerprint density at radius 1 is 0.919 bits per heavy atom. The fraction of sp³-hybridized carbons (Fsp3) is 0.286. The number of aryl methyl sites for hydroxylation is 1. The minimum Gasteiger partial charge on any atom is -0.355 e. The van der Waals surface area contributed by atoms with Crippen molar-refractivity contribution in [3.05, 3.63) is 100 Å². The molecule has 196 valence electrons. The smallest absolute Gasteiger partial charge is 0.244 e. The van der Waals surface area contributed by atoms with E-state index >= 15 is 0 Å². The number of likely N-dealkylation sites (N-methyl/N-ethyl adjacent to an activating group) is 1. The molecule has 2 amide bonds. The lowest BCUT2D eigenvalue weighted by atomic mass is 10.0. The second-order valence-corrected chi connectivity index (χ2v) is 11.7. The van der Waals surface area contributed by atoms with Gasteiger partial charge >= 0.3 is 0 Å². The van der Waals surface area contributed by atoms with Crippen molar-refractivity contribution < 1.29 is 18.0 Å². The first kappa shape index (κ1) is 28.4. The maximum Gasteiger partial charge on any atom is 0.244 e. The zero-order valence-electron chi connectivity index (χ0n) is 21.2. The van der Waals surface area contributed by atoms with Gasteiger partial charge in [0.2, 0.25) is 21.8 Å². The number of benzene rings is 3. The number of anilines is 1. The summed E-state index contributed by atoms with van der Waals surface area (Å²) in [6.07, 6.45) is 1.36. The van der Waals surface area contributed by atoms with Crippen molar-refractivity contribution in [2.24, 2.45) is 0 Å². The van der Waals surface area contributed by atoms with Gasteiger partial charge in [-0.3, -0.25) is 13.9 Å². The van der Waals surface area contributed by atoms with Gasteiger partial charge in [-0.25, -0.2) is 8.42 Å². The number of sulfonamides is 1. The highest BCUT2D eigenvalue weighted by atomic mass is 79.9. The van der Waals surface area contributed by atoms with E-state index in [0.717, 1.165) is 31.7 Å². The van der Waals surface area contributed by atoms with Crippen LogP contribution in [0.25, 0.3) is 0 Å². The molecule has 0 saturated carbocycles. The summed E-state index contributed by atoms with van der Waals surface area (Å²) in [5.74, 6) is -0.762. The van der Waals surface area contributed by atoms with Crippen molar-refractivity contribution in [1.29, 1.82) is 0 Å². The fourth-order valence-electron chi connectivity index (χ4n) is 3.96. The van der Waals surface area contributed by atoms with Crippen LogP contribution >= 0.6 is 15.9 Å². The molecule has 3 aromatic rings. The maximum absolute atomic E-state index is 13.9. The Kier molecular flexibility index (Phi) is 9.88. The zero-order chi connectivity index (χ0) is 27.0. The Labute approximate surface area is 227 Å². The highest BCUT2D eigenvalue weighted by Gasteiger charge is 2.32. The van der Waals surface area contributed by atoms with E-state index in [1.165, 1.54) is 4.90 Å². The summed E-state index contributed by atoms with van der Waals surface area (Å²) >= 11 is 3.35. The van der Waals surface area contributed by atoms with Crippen molar-refractivity contribution >= 4 is 43.5 Å². The van der Waals surface area contributed by atoms with E-state index in [-0.39, 0.29) is 12.5 Å². The molecule has 0 aliphatic heterocycles. The van der Waals surface area contributed by atoms with Gasteiger partial charge < -0.3 is 10.2 Å². The summed E-state index contributed by atoms with van der Waals surface area (Å²) < 4.78 is 27.3. The van der Waals surface area contributed by atoms with Crippen molar-refractivity contribution in [2.45, 2.75) is 32.9 Å². The Bertz CT molecular complexity index is 1300. The lowest BCUT2D eigenvalue weighted by molar-refractivity contribution is -0.140. The third-order valence-electron chi connectivity index (χ3n) is 5.89. The predicted octanol–water partition coefficient (Wildman–Crippen LogP) is 4.30. The average molecular weight is 587 g/mol. The van der Waals surface area contributed by atoms with E-state index in [2.05, 4.69) is 21.2 Å². The van der Waals surface area contributed by atoms with Gasteiger partial charge in [0.05, 0.1) is 11.9 Å². The van der Waals surface area contributed by atoms with Gasteiger partial charge in [0.25, 0.3) is 0 Å². The standard InChI is InChI=1S/C28H32BrN3O4S/c1-4-30-28(34)26(18-22-8-6-5-7-9-22)31(19-23-12-10-21(2)11-13-23)27(33)20-32(37(3,35)36)25-16-14-24(29)15-17-25/h5-17,26H,4,18-20H2,1-3H3,(H,30,34). The minimum absolute atomic E-state index is 0.158. The van der Waals surface area contributed by atoms with E-state index in [0.29, 0.717) is 18.7 Å². The highest BCUT2D eigenvalue weighted by molar-refractivity contribution is 9.10. The van der Waals surface area contributed by atoms with Crippen LogP contribution in [0.1, 0.15) is 23.6 Å². The summed E-state index contributed by atoms with van der Waals surface area (Å²) in [5, 5.41) is 2.85. The molecule has 1 unspecified atom stereocenters. The van der Waals surface area contributed by atoms with E-state index in [4.69, 9.17) is 0 Å². The molecule has 0 aromatic heterocycles. The Morgan fingerprint density at radius 3 is 2.11 bits per heavy atom. The molecule has 7 nitrogen and oxygen atoms in total. The molecule has 3 rings (SSSR count). The molecule has 0 radical (unpaired) electrons. The predicted molar refractivity (Wildman–Crippen MR) is 151 cm³/mol. The van der Waals surface area contributed by atoms with Gasteiger partial charge in [-0.2, -0.15) is 0 Å². The van der Waals surface area contributed by atoms with Crippen LogP contribution in [0.15, 0.2) is 83.3 Å². The van der Waals surface area contributed by atoms with Gasteiger partial charge in [0.1, 0.15) is 12.6 Å². The minimum atomic E-state index is -3.78. The molecule has 0 saturated heterocycles. The van der Waals surface area contributed by atoms with E-state index in [1.807, 2.05) is 68.4 Å². The Balaban J connectivity index is 2.02. The van der Waals surface area contributed by atoms with Crippen molar-refractivity contribution in [3.8, 4) is 0 Å². The van der Waals surface area contributed by atoms with Crippen molar-refractivity contribution in [3.63, 3.8) is 0 Å². The monoisotopic (exact) mass is 585 g/mol. The molecule has 0 aliphatic carbocycles. The highest BCUT2D eigenvalue weighted by Crippen LogP contribution is 2.22. The number of hydrogen-bond acceptors (Lipinski definition) is 4. The van der Waals surface area contributed by atoms with Gasteiger partial charge in [0.15, 0.2) is 0 Å². The van der Waals surface area contributed by atoms with Crippen molar-refractivity contribution in [1.82, 2.24) is 10.2 Å². The summed E-state index contributed by atoms with van der Waals surface area (Å²) in [4.78, 5) is 28.7. The number of nitrogens with one attached hydrogen (secondary N) is 1. The molecule has 0 bridgehead atoms. The molecule has 0 fully saturated rings. The topological polar surface area (TPSA) is 86.8 Å². The van der Waals surface area contributed by atoms with Crippen LogP contribution in [0.2, 0.25) is 0 Å². The van der Waals surface area contributed by atoms with Gasteiger partial charge in [0, 0.05) is 24.0 Å². The van der Waals surface area contributed by atoms with Crippen LogP contribution < -0.4 is 9.62 Å². The van der Waals surface area contributed by atoms with Gasteiger partial charge in [-0.15, -0.1) is 0 Å². The Hall–Kier alpha value is -3.17. The molecule has 0 aliphatic rings. The van der Waals surface area contributed by atoms with Crippen LogP contribution in [0.4, 0.5) is 5.69 Å². The Morgan fingerprint density at radius 2 is 1.54 bits per heavy atom. The van der Waals surface area contributed by atoms with Crippen LogP contribution in [0, 0.1) is 6.92 Å².